The molecule has 4 aliphatic rings. The minimum Gasteiger partial charge on any atom is -0.439 e. The van der Waals surface area contributed by atoms with Crippen molar-refractivity contribution in [1.82, 2.24) is 10.3 Å². The fraction of sp³-hybridized carbons (Fsp3) is 0.146. The predicted octanol–water partition coefficient (Wildman–Crippen LogP) is 9.90. The maximum absolute atomic E-state index is 6.52. The van der Waals surface area contributed by atoms with Crippen molar-refractivity contribution in [2.45, 2.75) is 37.8 Å². The van der Waals surface area contributed by atoms with Gasteiger partial charge in [0.25, 0.3) is 0 Å². The smallest absolute Gasteiger partial charge is 0.222 e. The Morgan fingerprint density at radius 2 is 1.51 bits per heavy atom. The third-order valence-corrected chi connectivity index (χ3v) is 8.84. The summed E-state index contributed by atoms with van der Waals surface area (Å²) in [6.07, 6.45) is 26.4. The zero-order valence-corrected chi connectivity index (χ0v) is 25.1. The molecule has 0 spiro atoms. The molecule has 0 saturated heterocycles. The van der Waals surface area contributed by atoms with Crippen LogP contribution in [-0.2, 0) is 6.42 Å². The molecule has 0 radical (unpaired) electrons. The van der Waals surface area contributed by atoms with Crippen LogP contribution in [0.1, 0.15) is 48.2 Å². The van der Waals surface area contributed by atoms with Gasteiger partial charge in [-0.2, -0.15) is 0 Å². The van der Waals surface area contributed by atoms with E-state index in [1.807, 2.05) is 0 Å². The Bertz CT molecular complexity index is 1880. The minimum absolute atomic E-state index is 0.0530. The van der Waals surface area contributed by atoms with E-state index in [9.17, 15) is 0 Å². The predicted molar refractivity (Wildman–Crippen MR) is 184 cm³/mol. The summed E-state index contributed by atoms with van der Waals surface area (Å²) in [5.74, 6) is 1.69. The van der Waals surface area contributed by atoms with Gasteiger partial charge in [-0.3, -0.25) is 5.32 Å². The number of hydrogen-bond acceptors (Lipinski definition) is 4. The van der Waals surface area contributed by atoms with Crippen LogP contribution in [-0.4, -0.2) is 11.0 Å². The topological polar surface area (TPSA) is 41.3 Å². The molecule has 0 fully saturated rings. The van der Waals surface area contributed by atoms with E-state index in [2.05, 4.69) is 156 Å². The third-order valence-electron chi connectivity index (χ3n) is 8.84. The molecule has 4 aromatic rings. The first-order chi connectivity index (χ1) is 22.3. The van der Waals surface area contributed by atoms with Crippen molar-refractivity contribution >= 4 is 28.2 Å². The Morgan fingerprint density at radius 1 is 0.756 bits per heavy atom. The molecule has 3 aliphatic carbocycles. The van der Waals surface area contributed by atoms with Gasteiger partial charge >= 0.3 is 0 Å². The van der Waals surface area contributed by atoms with Crippen LogP contribution in [0, 0.1) is 0 Å². The van der Waals surface area contributed by atoms with Crippen molar-refractivity contribution in [3.8, 4) is 0 Å². The molecule has 4 bridgehead atoms. The summed E-state index contributed by atoms with van der Waals surface area (Å²) in [6.45, 7) is 0. The van der Waals surface area contributed by atoms with Crippen LogP contribution < -0.4 is 10.2 Å². The Labute approximate surface area is 264 Å². The van der Waals surface area contributed by atoms with E-state index in [0.29, 0.717) is 0 Å². The first kappa shape index (κ1) is 27.4. The number of anilines is 3. The number of oxazole rings is 1. The Hall–Kier alpha value is -5.19. The number of nitrogens with zero attached hydrogens (tertiary/aromatic N) is 2. The van der Waals surface area contributed by atoms with Crippen LogP contribution in [0.4, 0.5) is 17.1 Å². The van der Waals surface area contributed by atoms with E-state index < -0.39 is 0 Å². The maximum Gasteiger partial charge on any atom is 0.222 e. The highest BCUT2D eigenvalue weighted by atomic mass is 16.4. The summed E-state index contributed by atoms with van der Waals surface area (Å²) in [7, 11) is 0. The number of benzene rings is 3. The number of para-hydroxylation sites is 2. The van der Waals surface area contributed by atoms with Gasteiger partial charge in [0.1, 0.15) is 5.76 Å². The van der Waals surface area contributed by atoms with Gasteiger partial charge in [0, 0.05) is 35.1 Å². The first-order valence-corrected chi connectivity index (χ1v) is 15.9. The summed E-state index contributed by atoms with van der Waals surface area (Å²) in [6, 6.07) is 30.0. The Kier molecular flexibility index (Phi) is 7.34. The standard InChI is InChI=1S/C41H35N3O/c1-2-6-13-30(12-5-1)41-43-38-19-11-14-31-28-39(40(38)45-41)42-34-23-20-32(26-33(31)27-34)29-21-24-37(25-22-29)44(35-15-7-3-8-16-35)36-17-9-4-10-18-36/h1,3-5,7-12,14-18,20-28,34,39,42H,2,6,13,19H2/b14-11-. The van der Waals surface area contributed by atoms with Crippen LogP contribution in [0.25, 0.3) is 11.1 Å². The molecule has 2 atom stereocenters. The molecule has 2 heterocycles. The van der Waals surface area contributed by atoms with Crippen molar-refractivity contribution < 1.29 is 4.42 Å². The Morgan fingerprint density at radius 3 is 2.29 bits per heavy atom. The lowest BCUT2D eigenvalue weighted by Gasteiger charge is -2.25. The van der Waals surface area contributed by atoms with Crippen molar-refractivity contribution in [2.24, 2.45) is 0 Å². The number of nitrogens with one attached hydrogen (secondary N) is 1. The minimum atomic E-state index is -0.0530. The van der Waals surface area contributed by atoms with E-state index in [1.165, 1.54) is 27.9 Å². The number of hydrogen-bond donors (Lipinski definition) is 1. The van der Waals surface area contributed by atoms with Crippen molar-refractivity contribution in [1.29, 1.82) is 0 Å². The highest BCUT2D eigenvalue weighted by molar-refractivity contribution is 5.82. The lowest BCUT2D eigenvalue weighted by atomic mass is 9.95. The second-order valence-electron chi connectivity index (χ2n) is 11.9. The third kappa shape index (κ3) is 5.61. The second kappa shape index (κ2) is 12.1. The number of allylic oxidation sites excluding steroid dienone is 11. The van der Waals surface area contributed by atoms with Crippen LogP contribution in [0.15, 0.2) is 161 Å². The van der Waals surface area contributed by atoms with Crippen molar-refractivity contribution in [3.63, 3.8) is 0 Å². The van der Waals surface area contributed by atoms with E-state index >= 15 is 0 Å². The zero-order chi connectivity index (χ0) is 30.0. The highest BCUT2D eigenvalue weighted by Gasteiger charge is 2.28. The van der Waals surface area contributed by atoms with E-state index in [4.69, 9.17) is 9.40 Å². The van der Waals surface area contributed by atoms with Gasteiger partial charge in [-0.05, 0) is 84.0 Å². The fourth-order valence-corrected chi connectivity index (χ4v) is 6.56. The molecule has 220 valence electrons. The SMILES string of the molecule is C1=CCCCC(c2nc3c(o2)C2C=C(/C=C\C3)C3=CC(C=CC(c4ccc(N(c5ccccc5)c5ccccc5)cc4)=C3)N2)=C1. The first-order valence-electron chi connectivity index (χ1n) is 15.9. The van der Waals surface area contributed by atoms with E-state index in [0.717, 1.165) is 60.1 Å². The number of fused-ring (bicyclic) bond motifs is 5. The molecule has 2 unspecified atom stereocenters. The summed E-state index contributed by atoms with van der Waals surface area (Å²) in [4.78, 5) is 7.26. The average molecular weight is 586 g/mol. The molecule has 4 heteroatoms. The molecular weight excluding hydrogens is 550 g/mol. The number of aromatic nitrogens is 1. The second-order valence-corrected chi connectivity index (χ2v) is 11.9. The lowest BCUT2D eigenvalue weighted by molar-refractivity contribution is 0.436. The molecule has 8 rings (SSSR count). The fourth-order valence-electron chi connectivity index (χ4n) is 6.56. The molecule has 3 aromatic carbocycles. The van der Waals surface area contributed by atoms with Gasteiger partial charge in [-0.15, -0.1) is 0 Å². The monoisotopic (exact) mass is 585 g/mol. The maximum atomic E-state index is 6.52. The van der Waals surface area contributed by atoms with Crippen LogP contribution >= 0.6 is 0 Å². The number of rotatable bonds is 5. The van der Waals surface area contributed by atoms with Gasteiger partial charge in [-0.25, -0.2) is 4.98 Å². The van der Waals surface area contributed by atoms with Crippen LogP contribution in [0.5, 0.6) is 0 Å². The van der Waals surface area contributed by atoms with E-state index in [-0.39, 0.29) is 12.1 Å². The molecule has 45 heavy (non-hydrogen) atoms. The van der Waals surface area contributed by atoms with Crippen molar-refractivity contribution in [3.05, 3.63) is 180 Å². The lowest BCUT2D eigenvalue weighted by Crippen LogP contribution is -2.28. The van der Waals surface area contributed by atoms with Crippen LogP contribution in [0.2, 0.25) is 0 Å². The van der Waals surface area contributed by atoms with Gasteiger partial charge in [0.05, 0.1) is 11.7 Å². The van der Waals surface area contributed by atoms with Crippen LogP contribution in [0.3, 0.4) is 0 Å². The van der Waals surface area contributed by atoms with E-state index in [1.54, 1.807) is 0 Å². The molecule has 1 aliphatic heterocycles. The average Bonchev–Trinajstić information content (AvgIpc) is 3.27. The summed E-state index contributed by atoms with van der Waals surface area (Å²) < 4.78 is 6.52. The Balaban J connectivity index is 1.10. The van der Waals surface area contributed by atoms with Gasteiger partial charge in [-0.1, -0.05) is 103 Å². The highest BCUT2D eigenvalue weighted by Crippen LogP contribution is 2.38. The van der Waals surface area contributed by atoms with Gasteiger partial charge < -0.3 is 9.32 Å². The summed E-state index contributed by atoms with van der Waals surface area (Å²) in [5, 5.41) is 3.82. The molecule has 0 amide bonds. The summed E-state index contributed by atoms with van der Waals surface area (Å²) in [5.41, 5.74) is 10.4. The molecular formula is C41H35N3O. The largest absolute Gasteiger partial charge is 0.439 e. The molecule has 1 N–H and O–H groups in total. The normalized spacial score (nSPS) is 21.0. The zero-order valence-electron chi connectivity index (χ0n) is 25.1. The molecule has 0 saturated carbocycles. The molecule has 4 nitrogen and oxygen atoms in total. The quantitative estimate of drug-likeness (QED) is 0.253. The van der Waals surface area contributed by atoms with Gasteiger partial charge in [0.2, 0.25) is 5.89 Å². The summed E-state index contributed by atoms with van der Waals surface area (Å²) >= 11 is 0. The van der Waals surface area contributed by atoms with Crippen molar-refractivity contribution in [2.75, 3.05) is 4.90 Å². The molecule has 1 aromatic heterocycles. The van der Waals surface area contributed by atoms with Gasteiger partial charge in [0.15, 0.2) is 0 Å².